The third-order valence-corrected chi connectivity index (χ3v) is 2.68. The minimum Gasteiger partial charge on any atom is -0.478 e. The van der Waals surface area contributed by atoms with Gasteiger partial charge in [-0.25, -0.2) is 9.59 Å². The van der Waals surface area contributed by atoms with Gasteiger partial charge in [0.1, 0.15) is 0 Å². The molecule has 0 aromatic heterocycles. The van der Waals surface area contributed by atoms with E-state index in [0.29, 0.717) is 5.69 Å². The van der Waals surface area contributed by atoms with Gasteiger partial charge in [-0.15, -0.1) is 0 Å². The average molecular weight is 255 g/mol. The van der Waals surface area contributed by atoms with Gasteiger partial charge in [-0.3, -0.25) is 0 Å². The highest BCUT2D eigenvalue weighted by Crippen LogP contribution is 2.22. The van der Waals surface area contributed by atoms with Crippen molar-refractivity contribution in [2.75, 3.05) is 5.32 Å². The number of urea groups is 1. The van der Waals surface area contributed by atoms with Gasteiger partial charge in [0, 0.05) is 11.7 Å². The van der Waals surface area contributed by atoms with Gasteiger partial charge in [0.2, 0.25) is 0 Å². The van der Waals surface area contributed by atoms with E-state index in [4.69, 9.17) is 16.7 Å². The SMILES string of the molecule is O=C(Nc1ccc(C(=O)O)c(Cl)c1)NC1CC1. The Balaban J connectivity index is 2.03. The molecule has 0 aliphatic heterocycles. The lowest BCUT2D eigenvalue weighted by Crippen LogP contribution is -2.30. The summed E-state index contributed by atoms with van der Waals surface area (Å²) in [7, 11) is 0. The van der Waals surface area contributed by atoms with Crippen LogP contribution in [0.15, 0.2) is 18.2 Å². The van der Waals surface area contributed by atoms with E-state index in [1.165, 1.54) is 18.2 Å². The molecule has 1 aliphatic carbocycles. The summed E-state index contributed by atoms with van der Waals surface area (Å²) in [5.74, 6) is -1.09. The van der Waals surface area contributed by atoms with Crippen LogP contribution in [-0.2, 0) is 0 Å². The monoisotopic (exact) mass is 254 g/mol. The lowest BCUT2D eigenvalue weighted by molar-refractivity contribution is 0.0697. The molecule has 1 aliphatic rings. The molecule has 5 nitrogen and oxygen atoms in total. The maximum atomic E-state index is 11.4. The van der Waals surface area contributed by atoms with Crippen LogP contribution in [0.5, 0.6) is 0 Å². The molecule has 90 valence electrons. The molecular weight excluding hydrogens is 244 g/mol. The second-order valence-electron chi connectivity index (χ2n) is 3.87. The predicted octanol–water partition coefficient (Wildman–Crippen LogP) is 2.32. The third-order valence-electron chi connectivity index (χ3n) is 2.37. The first kappa shape index (κ1) is 11.7. The number of nitrogens with one attached hydrogen (secondary N) is 2. The highest BCUT2D eigenvalue weighted by Gasteiger charge is 2.23. The van der Waals surface area contributed by atoms with Crippen molar-refractivity contribution in [2.24, 2.45) is 0 Å². The maximum Gasteiger partial charge on any atom is 0.337 e. The number of carboxylic acids is 1. The molecule has 2 amide bonds. The van der Waals surface area contributed by atoms with Crippen molar-refractivity contribution in [1.29, 1.82) is 0 Å². The smallest absolute Gasteiger partial charge is 0.337 e. The summed E-state index contributed by atoms with van der Waals surface area (Å²) in [6.07, 6.45) is 2.01. The Bertz CT molecular complexity index is 472. The van der Waals surface area contributed by atoms with E-state index >= 15 is 0 Å². The lowest BCUT2D eigenvalue weighted by Gasteiger charge is -2.07. The fourth-order valence-corrected chi connectivity index (χ4v) is 1.61. The van der Waals surface area contributed by atoms with E-state index in [-0.39, 0.29) is 22.7 Å². The quantitative estimate of drug-likeness (QED) is 0.775. The van der Waals surface area contributed by atoms with E-state index in [2.05, 4.69) is 10.6 Å². The average Bonchev–Trinajstić information content (AvgIpc) is 3.00. The summed E-state index contributed by atoms with van der Waals surface area (Å²) in [4.78, 5) is 22.1. The summed E-state index contributed by atoms with van der Waals surface area (Å²) in [5, 5.41) is 14.2. The number of carbonyl (C=O) groups is 2. The Morgan fingerprint density at radius 3 is 2.59 bits per heavy atom. The van der Waals surface area contributed by atoms with Crippen LogP contribution in [0, 0.1) is 0 Å². The first-order valence-corrected chi connectivity index (χ1v) is 5.54. The minimum atomic E-state index is -1.09. The number of halogens is 1. The summed E-state index contributed by atoms with van der Waals surface area (Å²) < 4.78 is 0. The van der Waals surface area contributed by atoms with E-state index < -0.39 is 5.97 Å². The molecule has 0 heterocycles. The molecule has 0 atom stereocenters. The normalized spacial score (nSPS) is 14.2. The van der Waals surface area contributed by atoms with Crippen LogP contribution < -0.4 is 10.6 Å². The Hall–Kier alpha value is -1.75. The van der Waals surface area contributed by atoms with E-state index in [1.807, 2.05) is 0 Å². The van der Waals surface area contributed by atoms with Gasteiger partial charge in [0.15, 0.2) is 0 Å². The van der Waals surface area contributed by atoms with Crippen LogP contribution in [-0.4, -0.2) is 23.1 Å². The molecule has 0 saturated heterocycles. The second-order valence-corrected chi connectivity index (χ2v) is 4.28. The molecule has 1 saturated carbocycles. The van der Waals surface area contributed by atoms with Crippen LogP contribution in [0.3, 0.4) is 0 Å². The maximum absolute atomic E-state index is 11.4. The van der Waals surface area contributed by atoms with Gasteiger partial charge in [-0.1, -0.05) is 11.6 Å². The van der Waals surface area contributed by atoms with Gasteiger partial charge in [-0.05, 0) is 31.0 Å². The summed E-state index contributed by atoms with van der Waals surface area (Å²) in [6.45, 7) is 0. The fourth-order valence-electron chi connectivity index (χ4n) is 1.35. The molecule has 0 bridgehead atoms. The number of rotatable bonds is 3. The Labute approximate surface area is 103 Å². The summed E-state index contributed by atoms with van der Waals surface area (Å²) in [6, 6.07) is 4.24. The minimum absolute atomic E-state index is 0.0137. The van der Waals surface area contributed by atoms with Gasteiger partial charge in [0.05, 0.1) is 10.6 Å². The van der Waals surface area contributed by atoms with Crippen molar-refractivity contribution in [3.63, 3.8) is 0 Å². The number of aromatic carboxylic acids is 1. The molecule has 0 spiro atoms. The fraction of sp³-hybridized carbons (Fsp3) is 0.273. The molecule has 17 heavy (non-hydrogen) atoms. The number of carboxylic acid groups (broad SMARTS) is 1. The van der Waals surface area contributed by atoms with Gasteiger partial charge in [0.25, 0.3) is 0 Å². The first-order chi connectivity index (χ1) is 8.06. The predicted molar refractivity (Wildman–Crippen MR) is 63.6 cm³/mol. The molecule has 0 unspecified atom stereocenters. The van der Waals surface area contributed by atoms with Crippen molar-refractivity contribution in [3.8, 4) is 0 Å². The summed E-state index contributed by atoms with van der Waals surface area (Å²) in [5.41, 5.74) is 0.484. The van der Waals surface area contributed by atoms with Crippen molar-refractivity contribution in [2.45, 2.75) is 18.9 Å². The molecule has 3 N–H and O–H groups in total. The van der Waals surface area contributed by atoms with Gasteiger partial charge >= 0.3 is 12.0 Å². The number of hydrogen-bond acceptors (Lipinski definition) is 2. The van der Waals surface area contributed by atoms with Crippen molar-refractivity contribution in [1.82, 2.24) is 5.32 Å². The summed E-state index contributed by atoms with van der Waals surface area (Å²) >= 11 is 5.77. The molecule has 2 rings (SSSR count). The zero-order valence-corrected chi connectivity index (χ0v) is 9.62. The first-order valence-electron chi connectivity index (χ1n) is 5.16. The zero-order valence-electron chi connectivity index (χ0n) is 8.87. The standard InChI is InChI=1S/C11H11ClN2O3/c12-9-5-7(3-4-8(9)10(15)16)14-11(17)13-6-1-2-6/h3-6H,1-2H2,(H,15,16)(H2,13,14,17). The van der Waals surface area contributed by atoms with Crippen LogP contribution in [0.25, 0.3) is 0 Å². The number of carbonyl (C=O) groups excluding carboxylic acids is 1. The second kappa shape index (κ2) is 4.63. The van der Waals surface area contributed by atoms with E-state index in [0.717, 1.165) is 12.8 Å². The molecule has 0 radical (unpaired) electrons. The number of hydrogen-bond donors (Lipinski definition) is 3. The van der Waals surface area contributed by atoms with Crippen molar-refractivity contribution >= 4 is 29.3 Å². The van der Waals surface area contributed by atoms with Crippen molar-refractivity contribution in [3.05, 3.63) is 28.8 Å². The van der Waals surface area contributed by atoms with Crippen molar-refractivity contribution < 1.29 is 14.7 Å². The Kier molecular flexibility index (Phi) is 3.19. The number of benzene rings is 1. The molecule has 1 fully saturated rings. The van der Waals surface area contributed by atoms with Crippen LogP contribution in [0.1, 0.15) is 23.2 Å². The Morgan fingerprint density at radius 1 is 1.35 bits per heavy atom. The highest BCUT2D eigenvalue weighted by atomic mass is 35.5. The van der Waals surface area contributed by atoms with E-state index in [1.54, 1.807) is 0 Å². The van der Waals surface area contributed by atoms with Gasteiger partial charge in [-0.2, -0.15) is 0 Å². The van der Waals surface area contributed by atoms with E-state index in [9.17, 15) is 9.59 Å². The van der Waals surface area contributed by atoms with Gasteiger partial charge < -0.3 is 15.7 Å². The Morgan fingerprint density at radius 2 is 2.06 bits per heavy atom. The zero-order chi connectivity index (χ0) is 12.4. The van der Waals surface area contributed by atoms with Crippen LogP contribution in [0.4, 0.5) is 10.5 Å². The molecule has 1 aromatic rings. The third kappa shape index (κ3) is 3.10. The van der Waals surface area contributed by atoms with Crippen LogP contribution in [0.2, 0.25) is 5.02 Å². The molecular formula is C11H11ClN2O3. The highest BCUT2D eigenvalue weighted by molar-refractivity contribution is 6.33. The molecule has 1 aromatic carbocycles. The van der Waals surface area contributed by atoms with Crippen LogP contribution >= 0.6 is 11.6 Å². The molecule has 6 heteroatoms. The lowest BCUT2D eigenvalue weighted by atomic mass is 10.2. The largest absolute Gasteiger partial charge is 0.478 e. The topological polar surface area (TPSA) is 78.4 Å². The number of amides is 2. The number of anilines is 1.